The van der Waals surface area contributed by atoms with Gasteiger partial charge >= 0.3 is 6.03 Å². The largest absolute Gasteiger partial charge is 0.387 e. The summed E-state index contributed by atoms with van der Waals surface area (Å²) in [6.07, 6.45) is 2.41. The van der Waals surface area contributed by atoms with Crippen molar-refractivity contribution in [1.82, 2.24) is 9.62 Å². The molecule has 2 amide bonds. The Hall–Kier alpha value is -2.56. The van der Waals surface area contributed by atoms with Crippen LogP contribution in [-0.2, 0) is 10.0 Å². The number of amides is 2. The minimum atomic E-state index is -3.66. The van der Waals surface area contributed by atoms with Crippen molar-refractivity contribution in [3.63, 3.8) is 0 Å². The van der Waals surface area contributed by atoms with Gasteiger partial charge in [0.25, 0.3) is 0 Å². The van der Waals surface area contributed by atoms with Crippen LogP contribution >= 0.6 is 0 Å². The van der Waals surface area contributed by atoms with Crippen LogP contribution in [0.2, 0.25) is 0 Å². The van der Waals surface area contributed by atoms with E-state index in [4.69, 9.17) is 0 Å². The van der Waals surface area contributed by atoms with Crippen molar-refractivity contribution in [1.29, 1.82) is 0 Å². The molecule has 0 radical (unpaired) electrons. The number of halogens is 2. The van der Waals surface area contributed by atoms with E-state index < -0.39 is 33.8 Å². The van der Waals surface area contributed by atoms with Crippen LogP contribution in [0.5, 0.6) is 0 Å². The van der Waals surface area contributed by atoms with E-state index in [0.717, 1.165) is 37.8 Å². The van der Waals surface area contributed by atoms with Gasteiger partial charge in [-0.2, -0.15) is 4.31 Å². The molecule has 1 unspecified atom stereocenters. The molecule has 0 saturated carbocycles. The normalized spacial score (nSPS) is 16.4. The summed E-state index contributed by atoms with van der Waals surface area (Å²) in [7, 11) is -3.66. The molecule has 3 rings (SSSR count). The number of hydrogen-bond donors (Lipinski definition) is 3. The average molecular weight is 454 g/mol. The number of benzene rings is 2. The molecular formula is C21H25F2N3O4S. The first-order valence-corrected chi connectivity index (χ1v) is 11.5. The number of aliphatic hydroxyl groups excluding tert-OH is 1. The Balaban J connectivity index is 1.61. The summed E-state index contributed by atoms with van der Waals surface area (Å²) in [5, 5.41) is 15.0. The van der Waals surface area contributed by atoms with Crippen LogP contribution in [0.4, 0.5) is 19.3 Å². The van der Waals surface area contributed by atoms with Crippen LogP contribution in [-0.4, -0.2) is 43.5 Å². The summed E-state index contributed by atoms with van der Waals surface area (Å²) in [5.74, 6) is -2.12. The molecule has 1 heterocycles. The first-order chi connectivity index (χ1) is 14.8. The van der Waals surface area contributed by atoms with Crippen LogP contribution in [0, 0.1) is 11.6 Å². The predicted octanol–water partition coefficient (Wildman–Crippen LogP) is 3.38. The Kier molecular flexibility index (Phi) is 7.58. The number of rotatable bonds is 6. The van der Waals surface area contributed by atoms with Gasteiger partial charge in [-0.1, -0.05) is 25.0 Å². The number of urea groups is 1. The number of carbonyl (C=O) groups excluding carboxylic acids is 1. The molecule has 1 saturated heterocycles. The minimum Gasteiger partial charge on any atom is -0.387 e. The van der Waals surface area contributed by atoms with E-state index in [2.05, 4.69) is 10.6 Å². The molecule has 1 aliphatic heterocycles. The van der Waals surface area contributed by atoms with E-state index in [1.54, 1.807) is 6.07 Å². The van der Waals surface area contributed by atoms with Gasteiger partial charge in [0, 0.05) is 25.3 Å². The van der Waals surface area contributed by atoms with E-state index in [1.165, 1.54) is 28.6 Å². The van der Waals surface area contributed by atoms with E-state index >= 15 is 0 Å². The topological polar surface area (TPSA) is 98.7 Å². The van der Waals surface area contributed by atoms with Crippen molar-refractivity contribution in [2.75, 3.05) is 25.0 Å². The lowest BCUT2D eigenvalue weighted by Gasteiger charge is -2.20. The van der Waals surface area contributed by atoms with Gasteiger partial charge in [-0.15, -0.1) is 0 Å². The van der Waals surface area contributed by atoms with E-state index in [9.17, 15) is 27.1 Å². The monoisotopic (exact) mass is 453 g/mol. The highest BCUT2D eigenvalue weighted by molar-refractivity contribution is 7.89. The smallest absolute Gasteiger partial charge is 0.319 e. The molecule has 0 spiro atoms. The van der Waals surface area contributed by atoms with Gasteiger partial charge < -0.3 is 15.7 Å². The van der Waals surface area contributed by atoms with Crippen molar-refractivity contribution in [2.45, 2.75) is 36.7 Å². The highest BCUT2D eigenvalue weighted by atomic mass is 32.2. The van der Waals surface area contributed by atoms with Crippen LogP contribution in [0.25, 0.3) is 0 Å². The molecule has 0 bridgehead atoms. The van der Waals surface area contributed by atoms with Crippen molar-refractivity contribution >= 4 is 21.7 Å². The second kappa shape index (κ2) is 10.2. The van der Waals surface area contributed by atoms with Crippen LogP contribution in [0.3, 0.4) is 0 Å². The van der Waals surface area contributed by atoms with Gasteiger partial charge in [0.15, 0.2) is 11.6 Å². The number of nitrogens with zero attached hydrogens (tertiary/aromatic N) is 1. The van der Waals surface area contributed by atoms with Crippen molar-refractivity contribution < 1.29 is 27.1 Å². The van der Waals surface area contributed by atoms with Crippen LogP contribution < -0.4 is 10.6 Å². The highest BCUT2D eigenvalue weighted by Crippen LogP contribution is 2.23. The number of nitrogens with one attached hydrogen (secondary N) is 2. The standard InChI is InChI=1S/C21H25F2N3O4S/c22-18-9-8-15(12-19(18)23)20(27)14-24-21(28)25-16-6-5-7-17(13-16)31(29,30)26-10-3-1-2-4-11-26/h5-9,12-13,20,27H,1-4,10-11,14H2,(H2,24,25,28). The zero-order chi connectivity index (χ0) is 22.4. The fourth-order valence-electron chi connectivity index (χ4n) is 3.37. The highest BCUT2D eigenvalue weighted by Gasteiger charge is 2.25. The molecule has 1 aliphatic rings. The lowest BCUT2D eigenvalue weighted by Crippen LogP contribution is -2.33. The Morgan fingerprint density at radius 3 is 2.42 bits per heavy atom. The van der Waals surface area contributed by atoms with Crippen LogP contribution in [0.1, 0.15) is 37.4 Å². The Bertz CT molecular complexity index is 1030. The Morgan fingerprint density at radius 1 is 1.03 bits per heavy atom. The van der Waals surface area contributed by atoms with Gasteiger partial charge in [-0.3, -0.25) is 0 Å². The lowest BCUT2D eigenvalue weighted by molar-refractivity contribution is 0.174. The van der Waals surface area contributed by atoms with E-state index in [0.29, 0.717) is 13.1 Å². The number of sulfonamides is 1. The maximum absolute atomic E-state index is 13.3. The minimum absolute atomic E-state index is 0.0917. The number of anilines is 1. The molecule has 168 valence electrons. The fraction of sp³-hybridized carbons (Fsp3) is 0.381. The summed E-state index contributed by atoms with van der Waals surface area (Å²) in [4.78, 5) is 12.2. The van der Waals surface area contributed by atoms with E-state index in [-0.39, 0.29) is 22.7 Å². The molecular weight excluding hydrogens is 428 g/mol. The van der Waals surface area contributed by atoms with Gasteiger partial charge in [0.1, 0.15) is 0 Å². The third-order valence-electron chi connectivity index (χ3n) is 5.08. The third-order valence-corrected chi connectivity index (χ3v) is 6.97. The van der Waals surface area contributed by atoms with Crippen molar-refractivity contribution in [3.8, 4) is 0 Å². The summed E-state index contributed by atoms with van der Waals surface area (Å²) in [6, 6.07) is 8.25. The molecule has 7 nitrogen and oxygen atoms in total. The van der Waals surface area contributed by atoms with E-state index in [1.807, 2.05) is 0 Å². The van der Waals surface area contributed by atoms with Crippen molar-refractivity contribution in [2.24, 2.45) is 0 Å². The second-order valence-corrected chi connectivity index (χ2v) is 9.31. The van der Waals surface area contributed by atoms with Crippen LogP contribution in [0.15, 0.2) is 47.4 Å². The summed E-state index contributed by atoms with van der Waals surface area (Å²) >= 11 is 0. The second-order valence-electron chi connectivity index (χ2n) is 7.37. The Morgan fingerprint density at radius 2 is 1.74 bits per heavy atom. The molecule has 0 aliphatic carbocycles. The molecule has 2 aromatic carbocycles. The number of aliphatic hydroxyl groups is 1. The average Bonchev–Trinajstić information content (AvgIpc) is 3.04. The Labute approximate surface area is 180 Å². The quantitative estimate of drug-likeness (QED) is 0.624. The predicted molar refractivity (Wildman–Crippen MR) is 112 cm³/mol. The summed E-state index contributed by atoms with van der Waals surface area (Å²) in [5.41, 5.74) is 0.389. The van der Waals surface area contributed by atoms with Gasteiger partial charge in [0.05, 0.1) is 11.0 Å². The molecule has 31 heavy (non-hydrogen) atoms. The molecule has 0 aromatic heterocycles. The first-order valence-electron chi connectivity index (χ1n) is 10.1. The first kappa shape index (κ1) is 23.1. The van der Waals surface area contributed by atoms with Gasteiger partial charge in [-0.05, 0) is 48.7 Å². The maximum Gasteiger partial charge on any atom is 0.319 e. The number of hydrogen-bond acceptors (Lipinski definition) is 4. The summed E-state index contributed by atoms with van der Waals surface area (Å²) in [6.45, 7) is 0.702. The zero-order valence-electron chi connectivity index (χ0n) is 16.9. The van der Waals surface area contributed by atoms with Gasteiger partial charge in [-0.25, -0.2) is 22.0 Å². The number of carbonyl (C=O) groups is 1. The lowest BCUT2D eigenvalue weighted by atomic mass is 10.1. The SMILES string of the molecule is O=C(NCC(O)c1ccc(F)c(F)c1)Nc1cccc(S(=O)(=O)N2CCCCCC2)c1. The zero-order valence-corrected chi connectivity index (χ0v) is 17.7. The fourth-order valence-corrected chi connectivity index (χ4v) is 4.93. The molecule has 1 fully saturated rings. The van der Waals surface area contributed by atoms with Gasteiger partial charge in [0.2, 0.25) is 10.0 Å². The van der Waals surface area contributed by atoms with Crippen molar-refractivity contribution in [3.05, 3.63) is 59.7 Å². The molecule has 1 atom stereocenters. The maximum atomic E-state index is 13.3. The third kappa shape index (κ3) is 5.99. The molecule has 3 N–H and O–H groups in total. The summed E-state index contributed by atoms with van der Waals surface area (Å²) < 4.78 is 53.6. The molecule has 10 heteroatoms. The molecule has 2 aromatic rings.